The number of anilines is 1. The van der Waals surface area contributed by atoms with Crippen molar-refractivity contribution in [3.8, 4) is 0 Å². The maximum Gasteiger partial charge on any atom is 0.310 e. The van der Waals surface area contributed by atoms with Crippen LogP contribution in [0.1, 0.15) is 28.7 Å². The molecule has 3 rings (SSSR count). The van der Waals surface area contributed by atoms with Gasteiger partial charge in [0.05, 0.1) is 6.42 Å². The van der Waals surface area contributed by atoms with Crippen molar-refractivity contribution < 1.29 is 14.3 Å². The number of nitrogens with one attached hydrogen (secondary N) is 1. The van der Waals surface area contributed by atoms with Crippen LogP contribution in [0.3, 0.4) is 0 Å². The highest BCUT2D eigenvalue weighted by Crippen LogP contribution is 2.24. The second-order valence-corrected chi connectivity index (χ2v) is 6.15. The van der Waals surface area contributed by atoms with Crippen molar-refractivity contribution in [2.75, 3.05) is 11.9 Å². The first-order valence-corrected chi connectivity index (χ1v) is 8.23. The van der Waals surface area contributed by atoms with Crippen molar-refractivity contribution >= 4 is 17.6 Å². The van der Waals surface area contributed by atoms with Gasteiger partial charge in [-0.25, -0.2) is 0 Å². The van der Waals surface area contributed by atoms with E-state index in [1.165, 1.54) is 17.5 Å². The van der Waals surface area contributed by atoms with E-state index in [4.69, 9.17) is 4.74 Å². The van der Waals surface area contributed by atoms with Crippen molar-refractivity contribution in [3.63, 3.8) is 0 Å². The van der Waals surface area contributed by atoms with Crippen LogP contribution in [0.4, 0.5) is 5.69 Å². The number of rotatable bonds is 5. The summed E-state index contributed by atoms with van der Waals surface area (Å²) in [6.45, 7) is 1.69. The van der Waals surface area contributed by atoms with E-state index in [0.29, 0.717) is 0 Å². The Hall–Kier alpha value is -2.62. The molecule has 0 spiro atoms. The molecule has 0 atom stereocenters. The summed E-state index contributed by atoms with van der Waals surface area (Å²) in [4.78, 5) is 23.8. The third kappa shape index (κ3) is 4.02. The second-order valence-electron chi connectivity index (χ2n) is 6.15. The normalized spacial score (nSPS) is 12.5. The first-order chi connectivity index (χ1) is 11.6. The van der Waals surface area contributed by atoms with Gasteiger partial charge in [0.1, 0.15) is 0 Å². The summed E-state index contributed by atoms with van der Waals surface area (Å²) in [6, 6.07) is 13.6. The quantitative estimate of drug-likeness (QED) is 0.860. The Morgan fingerprint density at radius 3 is 2.71 bits per heavy atom. The van der Waals surface area contributed by atoms with Crippen LogP contribution >= 0.6 is 0 Å². The van der Waals surface area contributed by atoms with Gasteiger partial charge in [-0.2, -0.15) is 0 Å². The molecular weight excluding hydrogens is 302 g/mol. The molecular formula is C20H21NO3. The number of amides is 1. The van der Waals surface area contributed by atoms with Crippen LogP contribution in [0, 0.1) is 6.92 Å². The van der Waals surface area contributed by atoms with Crippen molar-refractivity contribution in [3.05, 3.63) is 64.7 Å². The Balaban J connectivity index is 1.49. The van der Waals surface area contributed by atoms with Crippen LogP contribution in [0.2, 0.25) is 0 Å². The van der Waals surface area contributed by atoms with E-state index in [1.807, 2.05) is 43.3 Å². The minimum Gasteiger partial charge on any atom is -0.455 e. The number of carbonyl (C=O) groups excluding carboxylic acids is 2. The van der Waals surface area contributed by atoms with E-state index < -0.39 is 5.97 Å². The van der Waals surface area contributed by atoms with Gasteiger partial charge < -0.3 is 10.1 Å². The molecule has 0 bridgehead atoms. The van der Waals surface area contributed by atoms with Crippen LogP contribution in [-0.4, -0.2) is 18.5 Å². The van der Waals surface area contributed by atoms with Crippen molar-refractivity contribution in [2.24, 2.45) is 0 Å². The summed E-state index contributed by atoms with van der Waals surface area (Å²) in [7, 11) is 0. The molecule has 1 aliphatic rings. The Morgan fingerprint density at radius 1 is 1.08 bits per heavy atom. The number of hydrogen-bond acceptors (Lipinski definition) is 3. The summed E-state index contributed by atoms with van der Waals surface area (Å²) < 4.78 is 5.08. The lowest BCUT2D eigenvalue weighted by Crippen LogP contribution is -2.21. The highest BCUT2D eigenvalue weighted by molar-refractivity contribution is 5.93. The average Bonchev–Trinajstić information content (AvgIpc) is 3.03. The summed E-state index contributed by atoms with van der Waals surface area (Å²) in [5.41, 5.74) is 5.37. The minimum absolute atomic E-state index is 0.179. The Kier molecular flexibility index (Phi) is 4.94. The first-order valence-electron chi connectivity index (χ1n) is 8.23. The molecule has 1 N–H and O–H groups in total. The number of ether oxygens (including phenoxy) is 1. The van der Waals surface area contributed by atoms with Gasteiger partial charge in [0.25, 0.3) is 5.91 Å². The highest BCUT2D eigenvalue weighted by Gasteiger charge is 2.13. The smallest absolute Gasteiger partial charge is 0.310 e. The maximum atomic E-state index is 11.9. The Bertz CT molecular complexity index is 767. The van der Waals surface area contributed by atoms with Gasteiger partial charge in [-0.1, -0.05) is 30.3 Å². The first kappa shape index (κ1) is 16.2. The predicted octanol–water partition coefficient (Wildman–Crippen LogP) is 3.21. The van der Waals surface area contributed by atoms with Crippen LogP contribution < -0.4 is 5.32 Å². The number of carbonyl (C=O) groups is 2. The molecule has 0 unspecified atom stereocenters. The van der Waals surface area contributed by atoms with E-state index in [1.54, 1.807) is 0 Å². The molecule has 4 nitrogen and oxygen atoms in total. The molecule has 0 radical (unpaired) electrons. The summed E-state index contributed by atoms with van der Waals surface area (Å²) in [5.74, 6) is -0.709. The van der Waals surface area contributed by atoms with Crippen molar-refractivity contribution in [1.29, 1.82) is 0 Å². The lowest BCUT2D eigenvalue weighted by Gasteiger charge is -2.09. The molecule has 1 aliphatic carbocycles. The van der Waals surface area contributed by atoms with Crippen LogP contribution in [0.25, 0.3) is 0 Å². The molecule has 0 fully saturated rings. The number of fused-ring (bicyclic) bond motifs is 1. The molecule has 2 aromatic carbocycles. The van der Waals surface area contributed by atoms with Gasteiger partial charge >= 0.3 is 5.97 Å². The van der Waals surface area contributed by atoms with Gasteiger partial charge in [0.15, 0.2) is 6.61 Å². The van der Waals surface area contributed by atoms with Gasteiger partial charge in [-0.15, -0.1) is 0 Å². The predicted molar refractivity (Wildman–Crippen MR) is 92.9 cm³/mol. The minimum atomic E-state index is -0.395. The fourth-order valence-electron chi connectivity index (χ4n) is 3.01. The van der Waals surface area contributed by atoms with Gasteiger partial charge in [0.2, 0.25) is 0 Å². The lowest BCUT2D eigenvalue weighted by atomic mass is 10.1. The molecule has 0 saturated carbocycles. The summed E-state index contributed by atoms with van der Waals surface area (Å²) in [6.07, 6.45) is 3.52. The largest absolute Gasteiger partial charge is 0.455 e. The molecule has 2 aromatic rings. The molecule has 0 saturated heterocycles. The summed E-state index contributed by atoms with van der Waals surface area (Å²) in [5, 5.41) is 2.79. The molecule has 1 amide bonds. The van der Waals surface area contributed by atoms with Crippen LogP contribution in [-0.2, 0) is 33.6 Å². The zero-order valence-electron chi connectivity index (χ0n) is 13.8. The van der Waals surface area contributed by atoms with Crippen LogP contribution in [0.5, 0.6) is 0 Å². The SMILES string of the molecule is Cc1ccccc1CC(=O)OCC(=O)Nc1ccc2c(c1)CCC2. The Labute approximate surface area is 141 Å². The molecule has 24 heavy (non-hydrogen) atoms. The number of benzene rings is 2. The van der Waals surface area contributed by atoms with E-state index in [2.05, 4.69) is 11.4 Å². The van der Waals surface area contributed by atoms with Crippen molar-refractivity contribution in [1.82, 2.24) is 0 Å². The second kappa shape index (κ2) is 7.30. The molecule has 0 aliphatic heterocycles. The molecule has 0 heterocycles. The Morgan fingerprint density at radius 2 is 1.88 bits per heavy atom. The monoisotopic (exact) mass is 323 g/mol. The highest BCUT2D eigenvalue weighted by atomic mass is 16.5. The molecule has 0 aromatic heterocycles. The number of aryl methyl sites for hydroxylation is 3. The number of esters is 1. The van der Waals surface area contributed by atoms with Gasteiger partial charge in [-0.05, 0) is 60.6 Å². The average molecular weight is 323 g/mol. The summed E-state index contributed by atoms with van der Waals surface area (Å²) >= 11 is 0. The van der Waals surface area contributed by atoms with Crippen LogP contribution in [0.15, 0.2) is 42.5 Å². The zero-order valence-corrected chi connectivity index (χ0v) is 13.8. The van der Waals surface area contributed by atoms with Crippen molar-refractivity contribution in [2.45, 2.75) is 32.6 Å². The van der Waals surface area contributed by atoms with E-state index >= 15 is 0 Å². The maximum absolute atomic E-state index is 11.9. The number of hydrogen-bond donors (Lipinski definition) is 1. The fourth-order valence-corrected chi connectivity index (χ4v) is 3.01. The third-order valence-electron chi connectivity index (χ3n) is 4.34. The van der Waals surface area contributed by atoms with E-state index in [0.717, 1.165) is 29.7 Å². The van der Waals surface area contributed by atoms with Gasteiger partial charge in [-0.3, -0.25) is 9.59 Å². The lowest BCUT2D eigenvalue weighted by molar-refractivity contribution is -0.146. The standard InChI is InChI=1S/C20H21NO3/c1-14-5-2-3-6-16(14)12-20(23)24-13-19(22)21-18-10-9-15-7-4-8-17(15)11-18/h2-3,5-6,9-11H,4,7-8,12-13H2,1H3,(H,21,22). The third-order valence-corrected chi connectivity index (χ3v) is 4.34. The van der Waals surface area contributed by atoms with E-state index in [-0.39, 0.29) is 18.9 Å². The fraction of sp³-hybridized carbons (Fsp3) is 0.300. The molecule has 4 heteroatoms. The van der Waals surface area contributed by atoms with E-state index in [9.17, 15) is 9.59 Å². The topological polar surface area (TPSA) is 55.4 Å². The molecule has 124 valence electrons. The zero-order chi connectivity index (χ0) is 16.9. The van der Waals surface area contributed by atoms with Gasteiger partial charge in [0, 0.05) is 5.69 Å².